The predicted molar refractivity (Wildman–Crippen MR) is 93.5 cm³/mol. The van der Waals surface area contributed by atoms with Gasteiger partial charge in [-0.2, -0.15) is 5.10 Å². The molecule has 1 aliphatic heterocycles. The first-order chi connectivity index (χ1) is 12.6. The summed E-state index contributed by atoms with van der Waals surface area (Å²) in [4.78, 5) is 14.9. The van der Waals surface area contributed by atoms with E-state index in [2.05, 4.69) is 5.10 Å². The Balaban J connectivity index is 1.58. The van der Waals surface area contributed by atoms with E-state index in [0.717, 1.165) is 11.4 Å². The number of aromatic nitrogens is 3. The molecule has 7 heteroatoms. The Kier molecular flexibility index (Phi) is 4.30. The molecule has 0 N–H and O–H groups in total. The Bertz CT molecular complexity index is 902. The third kappa shape index (κ3) is 3.01. The van der Waals surface area contributed by atoms with Crippen LogP contribution < -0.4 is 0 Å². The van der Waals surface area contributed by atoms with Crippen molar-refractivity contribution in [3.05, 3.63) is 71.9 Å². The lowest BCUT2D eigenvalue weighted by atomic mass is 10.1. The van der Waals surface area contributed by atoms with E-state index in [1.54, 1.807) is 27.9 Å². The van der Waals surface area contributed by atoms with Gasteiger partial charge in [-0.05, 0) is 29.8 Å². The first-order valence-corrected chi connectivity index (χ1v) is 8.45. The van der Waals surface area contributed by atoms with Gasteiger partial charge in [-0.25, -0.2) is 4.39 Å². The molecule has 0 radical (unpaired) electrons. The van der Waals surface area contributed by atoms with Gasteiger partial charge in [-0.1, -0.05) is 12.1 Å². The van der Waals surface area contributed by atoms with Gasteiger partial charge in [-0.15, -0.1) is 0 Å². The summed E-state index contributed by atoms with van der Waals surface area (Å²) >= 11 is 0. The van der Waals surface area contributed by atoms with Crippen LogP contribution in [-0.4, -0.2) is 44.9 Å². The maximum absolute atomic E-state index is 13.1. The second-order valence-corrected chi connectivity index (χ2v) is 6.26. The number of hydrogen-bond donors (Lipinski definition) is 0. The van der Waals surface area contributed by atoms with E-state index in [1.165, 1.54) is 12.1 Å². The molecule has 1 saturated heterocycles. The molecule has 0 saturated carbocycles. The van der Waals surface area contributed by atoms with E-state index in [4.69, 9.17) is 4.74 Å². The van der Waals surface area contributed by atoms with Crippen molar-refractivity contribution < 1.29 is 13.9 Å². The summed E-state index contributed by atoms with van der Waals surface area (Å²) < 4.78 is 22.5. The molecule has 4 rings (SSSR count). The minimum absolute atomic E-state index is 0.0859. The Morgan fingerprint density at radius 1 is 1.23 bits per heavy atom. The minimum Gasteiger partial charge on any atom is -0.370 e. The molecule has 6 nitrogen and oxygen atoms in total. The molecule has 26 heavy (non-hydrogen) atoms. The van der Waals surface area contributed by atoms with Gasteiger partial charge in [-0.3, -0.25) is 9.48 Å². The molecule has 134 valence electrons. The van der Waals surface area contributed by atoms with Crippen LogP contribution in [0.25, 0.3) is 5.82 Å². The third-order valence-corrected chi connectivity index (χ3v) is 4.58. The van der Waals surface area contributed by atoms with Gasteiger partial charge in [0.1, 0.15) is 23.3 Å². The number of benzene rings is 1. The summed E-state index contributed by atoms with van der Waals surface area (Å²) in [6, 6.07) is 10.0. The fraction of sp³-hybridized carbons (Fsp3) is 0.263. The number of morpholine rings is 1. The maximum Gasteiger partial charge on any atom is 0.259 e. The number of carbonyl (C=O) groups is 1. The molecule has 3 heterocycles. The Morgan fingerprint density at radius 3 is 2.69 bits per heavy atom. The molecule has 1 atom stereocenters. The van der Waals surface area contributed by atoms with Crippen molar-refractivity contribution in [3.8, 4) is 5.82 Å². The standard InChI is InChI=1S/C19H19FN4O2/c1-22-18(23-8-2-3-9-23)16(12-21-22)19(25)24-10-11-26-17(13-24)14-4-6-15(20)7-5-14/h2-9,12,17H,10-11,13H2,1H3. The summed E-state index contributed by atoms with van der Waals surface area (Å²) in [5, 5.41) is 4.25. The van der Waals surface area contributed by atoms with Gasteiger partial charge in [0.2, 0.25) is 0 Å². The van der Waals surface area contributed by atoms with E-state index in [0.29, 0.717) is 25.3 Å². The minimum atomic E-state index is -0.288. The molecule has 0 aliphatic carbocycles. The molecule has 3 aromatic rings. The normalized spacial score (nSPS) is 17.5. The van der Waals surface area contributed by atoms with Crippen molar-refractivity contribution in [3.63, 3.8) is 0 Å². The highest BCUT2D eigenvalue weighted by Crippen LogP contribution is 2.25. The number of rotatable bonds is 3. The van der Waals surface area contributed by atoms with E-state index >= 15 is 0 Å². The van der Waals surface area contributed by atoms with Crippen molar-refractivity contribution in [2.75, 3.05) is 19.7 Å². The van der Waals surface area contributed by atoms with Crippen LogP contribution in [-0.2, 0) is 11.8 Å². The quantitative estimate of drug-likeness (QED) is 0.726. The molecule has 1 amide bonds. The van der Waals surface area contributed by atoms with Crippen LogP contribution in [0.4, 0.5) is 4.39 Å². The zero-order valence-corrected chi connectivity index (χ0v) is 14.4. The molecule has 1 fully saturated rings. The van der Waals surface area contributed by atoms with Crippen LogP contribution >= 0.6 is 0 Å². The Labute approximate surface area is 150 Å². The summed E-state index contributed by atoms with van der Waals surface area (Å²) in [5.74, 6) is 0.353. The number of hydrogen-bond acceptors (Lipinski definition) is 3. The first-order valence-electron chi connectivity index (χ1n) is 8.45. The zero-order chi connectivity index (χ0) is 18.1. The lowest BCUT2D eigenvalue weighted by Crippen LogP contribution is -2.42. The van der Waals surface area contributed by atoms with Gasteiger partial charge in [0.25, 0.3) is 5.91 Å². The average Bonchev–Trinajstić information content (AvgIpc) is 3.31. The van der Waals surface area contributed by atoms with Gasteiger partial charge in [0, 0.05) is 26.0 Å². The third-order valence-electron chi connectivity index (χ3n) is 4.58. The van der Waals surface area contributed by atoms with Crippen LogP contribution in [0.5, 0.6) is 0 Å². The van der Waals surface area contributed by atoms with Crippen molar-refractivity contribution >= 4 is 5.91 Å². The lowest BCUT2D eigenvalue weighted by Gasteiger charge is -2.33. The summed E-state index contributed by atoms with van der Waals surface area (Å²) in [6.45, 7) is 1.37. The van der Waals surface area contributed by atoms with E-state index < -0.39 is 0 Å². The van der Waals surface area contributed by atoms with Crippen LogP contribution in [0.3, 0.4) is 0 Å². The number of aryl methyl sites for hydroxylation is 1. The monoisotopic (exact) mass is 354 g/mol. The fourth-order valence-electron chi connectivity index (χ4n) is 3.25. The molecule has 1 aliphatic rings. The van der Waals surface area contributed by atoms with Gasteiger partial charge in [0.15, 0.2) is 0 Å². The highest BCUT2D eigenvalue weighted by molar-refractivity contribution is 5.97. The van der Waals surface area contributed by atoms with Gasteiger partial charge >= 0.3 is 0 Å². The molecular weight excluding hydrogens is 335 g/mol. The Hall–Kier alpha value is -2.93. The molecule has 1 unspecified atom stereocenters. The summed E-state index contributed by atoms with van der Waals surface area (Å²) in [7, 11) is 1.81. The number of nitrogens with zero attached hydrogens (tertiary/aromatic N) is 4. The topological polar surface area (TPSA) is 52.3 Å². The molecule has 0 bridgehead atoms. The van der Waals surface area contributed by atoms with Gasteiger partial charge in [0.05, 0.1) is 19.3 Å². The smallest absolute Gasteiger partial charge is 0.259 e. The number of ether oxygens (including phenoxy) is 1. The van der Waals surface area contributed by atoms with Crippen molar-refractivity contribution in [1.29, 1.82) is 0 Å². The predicted octanol–water partition coefficient (Wildman–Crippen LogP) is 2.56. The second kappa shape index (κ2) is 6.76. The summed E-state index contributed by atoms with van der Waals surface area (Å²) in [6.07, 6.45) is 5.10. The Morgan fingerprint density at radius 2 is 1.96 bits per heavy atom. The number of carbonyl (C=O) groups excluding carboxylic acids is 1. The molecule has 2 aromatic heterocycles. The molecular formula is C19H19FN4O2. The highest BCUT2D eigenvalue weighted by atomic mass is 19.1. The van der Waals surface area contributed by atoms with Crippen LogP contribution in [0.1, 0.15) is 22.0 Å². The zero-order valence-electron chi connectivity index (χ0n) is 14.4. The van der Waals surface area contributed by atoms with E-state index in [-0.39, 0.29) is 17.8 Å². The van der Waals surface area contributed by atoms with Crippen LogP contribution in [0, 0.1) is 5.82 Å². The van der Waals surface area contributed by atoms with E-state index in [1.807, 2.05) is 36.1 Å². The average molecular weight is 354 g/mol. The van der Waals surface area contributed by atoms with E-state index in [9.17, 15) is 9.18 Å². The van der Waals surface area contributed by atoms with Crippen molar-refractivity contribution in [2.45, 2.75) is 6.10 Å². The lowest BCUT2D eigenvalue weighted by molar-refractivity contribution is -0.0228. The maximum atomic E-state index is 13.1. The summed E-state index contributed by atoms with van der Waals surface area (Å²) in [5.41, 5.74) is 1.41. The molecule has 0 spiro atoms. The van der Waals surface area contributed by atoms with Gasteiger partial charge < -0.3 is 14.2 Å². The largest absolute Gasteiger partial charge is 0.370 e. The van der Waals surface area contributed by atoms with Crippen LogP contribution in [0.2, 0.25) is 0 Å². The first kappa shape index (κ1) is 16.5. The second-order valence-electron chi connectivity index (χ2n) is 6.26. The fourth-order valence-corrected chi connectivity index (χ4v) is 3.25. The number of halogens is 1. The van der Waals surface area contributed by atoms with Crippen molar-refractivity contribution in [1.82, 2.24) is 19.2 Å². The molecule has 1 aromatic carbocycles. The van der Waals surface area contributed by atoms with Crippen molar-refractivity contribution in [2.24, 2.45) is 7.05 Å². The highest BCUT2D eigenvalue weighted by Gasteiger charge is 2.29. The van der Waals surface area contributed by atoms with Crippen LogP contribution in [0.15, 0.2) is 55.0 Å². The number of amides is 1. The SMILES string of the molecule is Cn1ncc(C(=O)N2CCOC(c3ccc(F)cc3)C2)c1-n1cccc1.